The summed E-state index contributed by atoms with van der Waals surface area (Å²) in [6.45, 7) is 4.63. The number of aryl methyl sites for hydroxylation is 3. The number of fused-ring (bicyclic) bond motifs is 1. The molecule has 14 heteroatoms. The Balaban J connectivity index is 1.65. The van der Waals surface area contributed by atoms with Crippen molar-refractivity contribution in [2.75, 3.05) is 0 Å². The Kier molecular flexibility index (Phi) is 7.33. The molecule has 0 atom stereocenters. The van der Waals surface area contributed by atoms with Gasteiger partial charge in [0, 0.05) is 16.9 Å². The van der Waals surface area contributed by atoms with Crippen LogP contribution in [0.15, 0.2) is 46.2 Å². The number of benzene rings is 1. The van der Waals surface area contributed by atoms with Crippen LogP contribution in [-0.2, 0) is 23.3 Å². The van der Waals surface area contributed by atoms with E-state index in [9.17, 15) is 23.2 Å². The summed E-state index contributed by atoms with van der Waals surface area (Å²) in [5.41, 5.74) is -1.45. The van der Waals surface area contributed by atoms with Gasteiger partial charge in [-0.05, 0) is 70.5 Å². The highest BCUT2D eigenvalue weighted by Gasteiger charge is 2.54. The molecule has 4 aromatic rings. The molecular weight excluding hydrogens is 562 g/mol. The summed E-state index contributed by atoms with van der Waals surface area (Å²) >= 11 is 2.41. The second kappa shape index (κ2) is 10.5. The van der Waals surface area contributed by atoms with Crippen molar-refractivity contribution in [2.45, 2.75) is 70.4 Å². The average molecular weight is 591 g/mol. The number of thiophene rings is 1. The molecule has 1 amide bonds. The molecule has 0 bridgehead atoms. The first-order valence-corrected chi connectivity index (χ1v) is 14.2. The highest BCUT2D eigenvalue weighted by molar-refractivity contribution is 7.99. The third-order valence-electron chi connectivity index (χ3n) is 6.61. The number of carbonyl (C=O) groups is 1. The fourth-order valence-corrected chi connectivity index (χ4v) is 6.36. The second-order valence-corrected chi connectivity index (χ2v) is 13.1. The molecule has 0 unspecified atom stereocenters. The van der Waals surface area contributed by atoms with E-state index in [1.807, 2.05) is 20.8 Å². The lowest BCUT2D eigenvalue weighted by atomic mass is 10.1. The Hall–Kier alpha value is -3.52. The van der Waals surface area contributed by atoms with Gasteiger partial charge in [-0.2, -0.15) is 19.0 Å². The van der Waals surface area contributed by atoms with Gasteiger partial charge in [-0.3, -0.25) is 18.9 Å². The molecule has 3 aromatic heterocycles. The molecule has 1 saturated carbocycles. The molecule has 0 spiro atoms. The van der Waals surface area contributed by atoms with E-state index in [4.69, 9.17) is 0 Å². The summed E-state index contributed by atoms with van der Waals surface area (Å²) in [6, 6.07) is 6.37. The van der Waals surface area contributed by atoms with Gasteiger partial charge < -0.3 is 4.74 Å². The molecule has 5 rings (SSSR count). The minimum atomic E-state index is -3.00. The summed E-state index contributed by atoms with van der Waals surface area (Å²) in [4.78, 5) is 43.2. The van der Waals surface area contributed by atoms with Crippen LogP contribution in [0.4, 0.5) is 8.78 Å². The van der Waals surface area contributed by atoms with Crippen molar-refractivity contribution in [3.8, 4) is 10.8 Å². The Labute approximate surface area is 236 Å². The van der Waals surface area contributed by atoms with Crippen LogP contribution in [0.25, 0.3) is 15.2 Å². The zero-order valence-corrected chi connectivity index (χ0v) is 23.9. The van der Waals surface area contributed by atoms with E-state index in [1.165, 1.54) is 51.1 Å². The van der Waals surface area contributed by atoms with Gasteiger partial charge in [0.25, 0.3) is 11.5 Å². The molecule has 1 N–H and O–H groups in total. The number of alkyl halides is 2. The van der Waals surface area contributed by atoms with Gasteiger partial charge in [0.2, 0.25) is 0 Å². The van der Waals surface area contributed by atoms with Gasteiger partial charge >= 0.3 is 12.3 Å². The number of hydrogen-bond acceptors (Lipinski definition) is 8. The van der Waals surface area contributed by atoms with E-state index in [0.29, 0.717) is 33.8 Å². The van der Waals surface area contributed by atoms with Gasteiger partial charge in [-0.1, -0.05) is 29.5 Å². The summed E-state index contributed by atoms with van der Waals surface area (Å²) < 4.78 is 35.7. The molecule has 0 aliphatic heterocycles. The van der Waals surface area contributed by atoms with Crippen LogP contribution in [-0.4, -0.2) is 41.4 Å². The zero-order valence-electron chi connectivity index (χ0n) is 22.3. The molecule has 0 radical (unpaired) electrons. The second-order valence-electron chi connectivity index (χ2n) is 10.5. The maximum Gasteiger partial charge on any atom is 0.387 e. The van der Waals surface area contributed by atoms with E-state index >= 15 is 0 Å². The fraction of sp³-hybridized carbons (Fsp3) is 0.423. The Morgan fingerprint density at radius 2 is 1.88 bits per heavy atom. The van der Waals surface area contributed by atoms with Crippen molar-refractivity contribution < 1.29 is 18.3 Å². The van der Waals surface area contributed by atoms with Crippen LogP contribution < -0.4 is 20.7 Å². The third-order valence-corrected chi connectivity index (χ3v) is 8.79. The number of rotatable bonds is 9. The molecule has 1 aliphatic carbocycles. The van der Waals surface area contributed by atoms with Gasteiger partial charge in [0.05, 0.1) is 17.8 Å². The van der Waals surface area contributed by atoms with Crippen LogP contribution in [0.3, 0.4) is 0 Å². The number of ether oxygens (including phenoxy) is 1. The minimum Gasteiger partial charge on any atom is -0.435 e. The van der Waals surface area contributed by atoms with Crippen LogP contribution >= 0.6 is 23.3 Å². The van der Waals surface area contributed by atoms with Crippen molar-refractivity contribution in [1.82, 2.24) is 28.9 Å². The molecule has 3 heterocycles. The standard InChI is InChI=1S/C26H28F2N6O4S2/c1-15-18-19(35)33(26(10-11-26)22(36)31-40-25(2,3)4)24(37)32(21(18)39-20(15)34-29-12-13-30-34)14-9-16-7-5-6-8-17(16)38-23(27)28/h5-8,12-13,23H,9-11,14H2,1-4H3,(H,31,36). The quantitative estimate of drug-likeness (QED) is 0.293. The van der Waals surface area contributed by atoms with E-state index in [1.54, 1.807) is 25.1 Å². The van der Waals surface area contributed by atoms with Gasteiger partial charge in [-0.15, -0.1) is 4.80 Å². The van der Waals surface area contributed by atoms with E-state index in [0.717, 1.165) is 4.57 Å². The first-order valence-electron chi connectivity index (χ1n) is 12.6. The molecule has 1 fully saturated rings. The molecule has 212 valence electrons. The number of carbonyl (C=O) groups excluding carboxylic acids is 1. The Morgan fingerprint density at radius 3 is 2.50 bits per heavy atom. The zero-order chi connectivity index (χ0) is 28.8. The van der Waals surface area contributed by atoms with Crippen LogP contribution in [0.5, 0.6) is 5.75 Å². The number of amides is 1. The average Bonchev–Trinajstić information content (AvgIpc) is 3.33. The van der Waals surface area contributed by atoms with Crippen LogP contribution in [0.2, 0.25) is 0 Å². The highest BCUT2D eigenvalue weighted by atomic mass is 32.2. The molecule has 40 heavy (non-hydrogen) atoms. The maximum absolute atomic E-state index is 14.0. The first-order chi connectivity index (χ1) is 18.9. The van der Waals surface area contributed by atoms with Crippen molar-refractivity contribution in [3.05, 3.63) is 68.6 Å². The predicted molar refractivity (Wildman–Crippen MR) is 149 cm³/mol. The minimum absolute atomic E-state index is 0.0103. The number of hydrogen-bond donors (Lipinski definition) is 1. The van der Waals surface area contributed by atoms with E-state index < -0.39 is 29.3 Å². The SMILES string of the molecule is Cc1c(-n2nccn2)sc2c1c(=O)n(C1(C(=O)NSC(C)(C)C)CC1)c(=O)n2CCc1ccccc1OC(F)F. The van der Waals surface area contributed by atoms with Crippen molar-refractivity contribution >= 4 is 39.4 Å². The van der Waals surface area contributed by atoms with Crippen LogP contribution in [0, 0.1) is 6.92 Å². The molecular formula is C26H28F2N6O4S2. The highest BCUT2D eigenvalue weighted by Crippen LogP contribution is 2.43. The molecule has 10 nitrogen and oxygen atoms in total. The van der Waals surface area contributed by atoms with E-state index in [2.05, 4.69) is 19.7 Å². The first kappa shape index (κ1) is 28.0. The third kappa shape index (κ3) is 5.17. The normalized spacial score (nSPS) is 14.6. The lowest BCUT2D eigenvalue weighted by Crippen LogP contribution is -2.51. The summed E-state index contributed by atoms with van der Waals surface area (Å²) in [7, 11) is 0. The lowest BCUT2D eigenvalue weighted by molar-refractivity contribution is -0.123. The van der Waals surface area contributed by atoms with Gasteiger partial charge in [0.1, 0.15) is 21.1 Å². The topological polar surface area (TPSA) is 113 Å². The predicted octanol–water partition coefficient (Wildman–Crippen LogP) is 4.01. The number of nitrogens with one attached hydrogen (secondary N) is 1. The lowest BCUT2D eigenvalue weighted by Gasteiger charge is -2.23. The van der Waals surface area contributed by atoms with Crippen molar-refractivity contribution in [3.63, 3.8) is 0 Å². The monoisotopic (exact) mass is 590 g/mol. The van der Waals surface area contributed by atoms with Crippen molar-refractivity contribution in [1.29, 1.82) is 0 Å². The summed E-state index contributed by atoms with van der Waals surface area (Å²) in [6.07, 6.45) is 3.86. The Bertz CT molecular complexity index is 1680. The van der Waals surface area contributed by atoms with Gasteiger partial charge in [0.15, 0.2) is 0 Å². The summed E-state index contributed by atoms with van der Waals surface area (Å²) in [5, 5.41) is 9.21. The number of para-hydroxylation sites is 1. The van der Waals surface area contributed by atoms with Gasteiger partial charge in [-0.25, -0.2) is 9.36 Å². The number of halogens is 2. The number of nitrogens with zero attached hydrogens (tertiary/aromatic N) is 5. The molecule has 1 aromatic carbocycles. The fourth-order valence-electron chi connectivity index (χ4n) is 4.54. The van der Waals surface area contributed by atoms with Crippen molar-refractivity contribution in [2.24, 2.45) is 0 Å². The largest absolute Gasteiger partial charge is 0.435 e. The summed E-state index contributed by atoms with van der Waals surface area (Å²) in [5.74, 6) is -0.397. The Morgan fingerprint density at radius 1 is 1.20 bits per heavy atom. The number of aromatic nitrogens is 5. The van der Waals surface area contributed by atoms with Crippen LogP contribution in [0.1, 0.15) is 44.7 Å². The maximum atomic E-state index is 14.0. The van der Waals surface area contributed by atoms with E-state index in [-0.39, 0.29) is 28.8 Å². The molecule has 1 aliphatic rings. The molecule has 0 saturated heterocycles. The smallest absolute Gasteiger partial charge is 0.387 e.